The lowest BCUT2D eigenvalue weighted by molar-refractivity contribution is 0.0787. The van der Waals surface area contributed by atoms with Gasteiger partial charge in [0.15, 0.2) is 0 Å². The molecular formula is C13H16O. The van der Waals surface area contributed by atoms with Gasteiger partial charge in [-0.2, -0.15) is 0 Å². The van der Waals surface area contributed by atoms with Crippen molar-refractivity contribution in [3.05, 3.63) is 48.0 Å². The second kappa shape index (κ2) is 3.97. The number of fused-ring (bicyclic) bond motifs is 1. The fourth-order valence-corrected chi connectivity index (χ4v) is 2.31. The van der Waals surface area contributed by atoms with E-state index in [-0.39, 0.29) is 0 Å². The van der Waals surface area contributed by atoms with Gasteiger partial charge in [0.1, 0.15) is 0 Å². The van der Waals surface area contributed by atoms with Crippen molar-refractivity contribution in [2.75, 3.05) is 7.11 Å². The Morgan fingerprint density at radius 3 is 2.93 bits per heavy atom. The first kappa shape index (κ1) is 9.47. The molecule has 2 rings (SSSR count). The molecule has 2 atom stereocenters. The SMILES string of the molecule is C=CC1c2ccccc2CCC1OC. The van der Waals surface area contributed by atoms with E-state index in [1.54, 1.807) is 7.11 Å². The minimum absolute atomic E-state index is 0.308. The Labute approximate surface area is 85.4 Å². The molecule has 1 aliphatic rings. The Kier molecular flexibility index (Phi) is 2.69. The van der Waals surface area contributed by atoms with E-state index in [2.05, 4.69) is 30.8 Å². The van der Waals surface area contributed by atoms with Crippen molar-refractivity contribution in [2.45, 2.75) is 24.9 Å². The first-order valence-corrected chi connectivity index (χ1v) is 5.10. The zero-order valence-corrected chi connectivity index (χ0v) is 8.57. The highest BCUT2D eigenvalue weighted by Crippen LogP contribution is 2.33. The molecule has 14 heavy (non-hydrogen) atoms. The first-order valence-electron chi connectivity index (χ1n) is 5.10. The molecule has 2 unspecified atom stereocenters. The van der Waals surface area contributed by atoms with E-state index in [1.165, 1.54) is 11.1 Å². The number of benzene rings is 1. The molecule has 74 valence electrons. The van der Waals surface area contributed by atoms with Crippen LogP contribution >= 0.6 is 0 Å². The number of hydrogen-bond donors (Lipinski definition) is 0. The van der Waals surface area contributed by atoms with Gasteiger partial charge in [-0.25, -0.2) is 0 Å². The fourth-order valence-electron chi connectivity index (χ4n) is 2.31. The van der Waals surface area contributed by atoms with E-state index in [0.717, 1.165) is 12.8 Å². The van der Waals surface area contributed by atoms with Crippen LogP contribution in [0.15, 0.2) is 36.9 Å². The van der Waals surface area contributed by atoms with Gasteiger partial charge in [0.25, 0.3) is 0 Å². The molecule has 0 aromatic heterocycles. The predicted molar refractivity (Wildman–Crippen MR) is 58.5 cm³/mol. The molecule has 1 aliphatic carbocycles. The summed E-state index contributed by atoms with van der Waals surface area (Å²) in [5.41, 5.74) is 2.84. The van der Waals surface area contributed by atoms with Crippen LogP contribution in [0.1, 0.15) is 23.5 Å². The van der Waals surface area contributed by atoms with Gasteiger partial charge in [0.2, 0.25) is 0 Å². The zero-order chi connectivity index (χ0) is 9.97. The maximum absolute atomic E-state index is 5.48. The van der Waals surface area contributed by atoms with Crippen LogP contribution in [0, 0.1) is 0 Å². The molecule has 1 nitrogen and oxygen atoms in total. The lowest BCUT2D eigenvalue weighted by Gasteiger charge is -2.30. The van der Waals surface area contributed by atoms with Crippen LogP contribution in [0.25, 0.3) is 0 Å². The van der Waals surface area contributed by atoms with Crippen LogP contribution in [0.5, 0.6) is 0 Å². The average molecular weight is 188 g/mol. The van der Waals surface area contributed by atoms with Crippen LogP contribution in [-0.4, -0.2) is 13.2 Å². The minimum atomic E-state index is 0.308. The third-order valence-corrected chi connectivity index (χ3v) is 3.07. The molecule has 0 amide bonds. The van der Waals surface area contributed by atoms with E-state index >= 15 is 0 Å². The molecular weight excluding hydrogens is 172 g/mol. The molecule has 0 fully saturated rings. The predicted octanol–water partition coefficient (Wildman–Crippen LogP) is 2.92. The van der Waals surface area contributed by atoms with Crippen LogP contribution in [0.4, 0.5) is 0 Å². The molecule has 0 heterocycles. The number of rotatable bonds is 2. The van der Waals surface area contributed by atoms with Crippen LogP contribution in [-0.2, 0) is 11.2 Å². The quantitative estimate of drug-likeness (QED) is 0.648. The zero-order valence-electron chi connectivity index (χ0n) is 8.57. The second-order valence-electron chi connectivity index (χ2n) is 3.77. The average Bonchev–Trinajstić information content (AvgIpc) is 2.27. The number of hydrogen-bond acceptors (Lipinski definition) is 1. The number of methoxy groups -OCH3 is 1. The Balaban J connectivity index is 2.39. The molecule has 0 aliphatic heterocycles. The molecule has 1 heteroatoms. The Bertz CT molecular complexity index is 330. The van der Waals surface area contributed by atoms with Gasteiger partial charge in [-0.3, -0.25) is 0 Å². The molecule has 1 aromatic carbocycles. The summed E-state index contributed by atoms with van der Waals surface area (Å²) in [6.45, 7) is 3.90. The van der Waals surface area contributed by atoms with E-state index in [4.69, 9.17) is 4.74 Å². The maximum Gasteiger partial charge on any atom is 0.0677 e. The number of aryl methyl sites for hydroxylation is 1. The van der Waals surface area contributed by atoms with Gasteiger partial charge in [0.05, 0.1) is 6.10 Å². The summed E-state index contributed by atoms with van der Waals surface area (Å²) in [6, 6.07) is 8.59. The fraction of sp³-hybridized carbons (Fsp3) is 0.385. The Morgan fingerprint density at radius 2 is 2.21 bits per heavy atom. The van der Waals surface area contributed by atoms with Crippen molar-refractivity contribution in [1.29, 1.82) is 0 Å². The van der Waals surface area contributed by atoms with Gasteiger partial charge in [-0.15, -0.1) is 6.58 Å². The summed E-state index contributed by atoms with van der Waals surface area (Å²) in [4.78, 5) is 0. The van der Waals surface area contributed by atoms with Crippen molar-refractivity contribution in [2.24, 2.45) is 0 Å². The van der Waals surface area contributed by atoms with Crippen molar-refractivity contribution >= 4 is 0 Å². The third kappa shape index (κ3) is 1.48. The second-order valence-corrected chi connectivity index (χ2v) is 3.77. The summed E-state index contributed by atoms with van der Waals surface area (Å²) in [6.07, 6.45) is 4.54. The van der Waals surface area contributed by atoms with E-state index in [9.17, 15) is 0 Å². The summed E-state index contributed by atoms with van der Waals surface area (Å²) in [5.74, 6) is 0.366. The smallest absolute Gasteiger partial charge is 0.0677 e. The van der Waals surface area contributed by atoms with Gasteiger partial charge in [-0.05, 0) is 24.0 Å². The molecule has 1 aromatic rings. The highest BCUT2D eigenvalue weighted by Gasteiger charge is 2.26. The van der Waals surface area contributed by atoms with Gasteiger partial charge in [-0.1, -0.05) is 30.3 Å². The van der Waals surface area contributed by atoms with Crippen LogP contribution in [0.3, 0.4) is 0 Å². The van der Waals surface area contributed by atoms with Gasteiger partial charge >= 0.3 is 0 Å². The van der Waals surface area contributed by atoms with Crippen molar-refractivity contribution < 1.29 is 4.74 Å². The molecule has 0 saturated carbocycles. The summed E-state index contributed by atoms with van der Waals surface area (Å²) >= 11 is 0. The lowest BCUT2D eigenvalue weighted by atomic mass is 9.81. The molecule has 0 spiro atoms. The van der Waals surface area contributed by atoms with Gasteiger partial charge in [0, 0.05) is 13.0 Å². The van der Waals surface area contributed by atoms with Gasteiger partial charge < -0.3 is 4.74 Å². The van der Waals surface area contributed by atoms with Crippen LogP contribution < -0.4 is 0 Å². The minimum Gasteiger partial charge on any atom is -0.380 e. The Morgan fingerprint density at radius 1 is 1.43 bits per heavy atom. The van der Waals surface area contributed by atoms with Crippen LogP contribution in [0.2, 0.25) is 0 Å². The summed E-state index contributed by atoms with van der Waals surface area (Å²) < 4.78 is 5.48. The highest BCUT2D eigenvalue weighted by atomic mass is 16.5. The Hall–Kier alpha value is -1.08. The highest BCUT2D eigenvalue weighted by molar-refractivity contribution is 5.36. The van der Waals surface area contributed by atoms with Crippen molar-refractivity contribution in [3.63, 3.8) is 0 Å². The normalized spacial score (nSPS) is 25.5. The molecule has 0 saturated heterocycles. The summed E-state index contributed by atoms with van der Waals surface area (Å²) in [7, 11) is 1.79. The molecule has 0 bridgehead atoms. The largest absolute Gasteiger partial charge is 0.380 e. The summed E-state index contributed by atoms with van der Waals surface area (Å²) in [5, 5.41) is 0. The molecule has 0 radical (unpaired) electrons. The van der Waals surface area contributed by atoms with Crippen molar-refractivity contribution in [1.82, 2.24) is 0 Å². The van der Waals surface area contributed by atoms with E-state index in [0.29, 0.717) is 12.0 Å². The number of ether oxygens (including phenoxy) is 1. The monoisotopic (exact) mass is 188 g/mol. The van der Waals surface area contributed by atoms with E-state index in [1.807, 2.05) is 6.08 Å². The standard InChI is InChI=1S/C13H16O/c1-3-11-12-7-5-4-6-10(12)8-9-13(11)14-2/h3-7,11,13H,1,8-9H2,2H3. The lowest BCUT2D eigenvalue weighted by Crippen LogP contribution is -2.25. The third-order valence-electron chi connectivity index (χ3n) is 3.07. The maximum atomic E-state index is 5.48. The van der Waals surface area contributed by atoms with Crippen molar-refractivity contribution in [3.8, 4) is 0 Å². The molecule has 0 N–H and O–H groups in total. The topological polar surface area (TPSA) is 9.23 Å². The first-order chi connectivity index (χ1) is 6.86. The van der Waals surface area contributed by atoms with E-state index < -0.39 is 0 Å².